The van der Waals surface area contributed by atoms with Crippen molar-refractivity contribution < 1.29 is 5.11 Å². The Labute approximate surface area is 176 Å². The van der Waals surface area contributed by atoms with Gasteiger partial charge in [0.05, 0.1) is 0 Å². The first-order chi connectivity index (χ1) is 12.1. The number of likely N-dealkylation sites (N-methyl/N-ethyl adjacent to an activating group) is 1. The number of aliphatic hydroxyl groups is 1. The monoisotopic (exact) mass is 488 g/mol. The van der Waals surface area contributed by atoms with Crippen molar-refractivity contribution in [3.63, 3.8) is 0 Å². The number of thiophene rings is 1. The van der Waals surface area contributed by atoms with Gasteiger partial charge in [0.1, 0.15) is 6.10 Å². The Hall–Kier alpha value is -0.900. The number of benzene rings is 1. The molecule has 2 unspecified atom stereocenters. The maximum atomic E-state index is 10.5. The molecule has 144 valence electrons. The van der Waals surface area contributed by atoms with Gasteiger partial charge in [-0.1, -0.05) is 18.2 Å². The van der Waals surface area contributed by atoms with E-state index in [0.717, 1.165) is 23.4 Å². The molecule has 0 spiro atoms. The largest absolute Gasteiger partial charge is 0.386 e. The van der Waals surface area contributed by atoms with Gasteiger partial charge in [-0.2, -0.15) is 0 Å². The quantitative estimate of drug-likeness (QED) is 0.318. The maximum Gasteiger partial charge on any atom is 0.191 e. The molecule has 0 aliphatic heterocycles. The SMILES string of the molecule is CN=C(NCC(O)c1cc2ccccc2s1)NCC(C)N(C)C1CC1.I. The second-order valence-corrected chi connectivity index (χ2v) is 7.90. The highest BCUT2D eigenvalue weighted by Crippen LogP contribution is 2.29. The number of halogens is 1. The summed E-state index contributed by atoms with van der Waals surface area (Å²) in [5.74, 6) is 0.733. The van der Waals surface area contributed by atoms with Crippen molar-refractivity contribution in [2.24, 2.45) is 4.99 Å². The molecule has 3 N–H and O–H groups in total. The van der Waals surface area contributed by atoms with E-state index in [1.54, 1.807) is 18.4 Å². The van der Waals surface area contributed by atoms with Crippen molar-refractivity contribution in [1.82, 2.24) is 15.5 Å². The Morgan fingerprint density at radius 2 is 2.00 bits per heavy atom. The molecule has 1 saturated carbocycles. The molecule has 1 aromatic heterocycles. The van der Waals surface area contributed by atoms with Gasteiger partial charge in [-0.25, -0.2) is 0 Å². The molecule has 0 amide bonds. The molecular formula is C19H29IN4OS. The number of guanidine groups is 1. The molecular weight excluding hydrogens is 459 g/mol. The lowest BCUT2D eigenvalue weighted by Gasteiger charge is -2.25. The molecule has 1 fully saturated rings. The third-order valence-corrected chi connectivity index (χ3v) is 6.06. The van der Waals surface area contributed by atoms with Gasteiger partial charge in [0, 0.05) is 41.8 Å². The van der Waals surface area contributed by atoms with Crippen molar-refractivity contribution in [3.05, 3.63) is 35.2 Å². The lowest BCUT2D eigenvalue weighted by Crippen LogP contribution is -2.46. The fraction of sp³-hybridized carbons (Fsp3) is 0.526. The molecule has 2 atom stereocenters. The normalized spacial score (nSPS) is 17.0. The standard InChI is InChI=1S/C19H28N4OS.HI/c1-13(23(3)15-8-9-15)11-21-19(20-2)22-12-16(24)18-10-14-6-4-5-7-17(14)25-18;/h4-7,10,13,15-16,24H,8-9,11-12H2,1-3H3,(H2,20,21,22);1H. The van der Waals surface area contributed by atoms with Crippen LogP contribution in [0, 0.1) is 0 Å². The van der Waals surface area contributed by atoms with E-state index in [4.69, 9.17) is 0 Å². The van der Waals surface area contributed by atoms with Crippen LogP contribution in [0.2, 0.25) is 0 Å². The van der Waals surface area contributed by atoms with E-state index >= 15 is 0 Å². The fourth-order valence-electron chi connectivity index (χ4n) is 2.91. The molecule has 2 aromatic rings. The summed E-state index contributed by atoms with van der Waals surface area (Å²) in [4.78, 5) is 7.66. The van der Waals surface area contributed by atoms with Crippen LogP contribution in [0.1, 0.15) is 30.7 Å². The van der Waals surface area contributed by atoms with E-state index in [9.17, 15) is 5.11 Å². The molecule has 0 bridgehead atoms. The molecule has 7 heteroatoms. The third kappa shape index (κ3) is 5.55. The summed E-state index contributed by atoms with van der Waals surface area (Å²) in [5.41, 5.74) is 0. The van der Waals surface area contributed by atoms with Crippen molar-refractivity contribution in [1.29, 1.82) is 0 Å². The summed E-state index contributed by atoms with van der Waals surface area (Å²) >= 11 is 1.64. The van der Waals surface area contributed by atoms with Crippen molar-refractivity contribution in [2.45, 2.75) is 38.0 Å². The fourth-order valence-corrected chi connectivity index (χ4v) is 3.96. The van der Waals surface area contributed by atoms with Gasteiger partial charge in [0.2, 0.25) is 0 Å². The zero-order chi connectivity index (χ0) is 17.8. The average molecular weight is 488 g/mol. The molecule has 1 aromatic carbocycles. The molecule has 26 heavy (non-hydrogen) atoms. The van der Waals surface area contributed by atoms with E-state index < -0.39 is 6.10 Å². The van der Waals surface area contributed by atoms with Crippen LogP contribution in [0.4, 0.5) is 0 Å². The van der Waals surface area contributed by atoms with E-state index in [1.807, 2.05) is 12.1 Å². The summed E-state index contributed by atoms with van der Waals surface area (Å²) in [6.07, 6.45) is 2.09. The number of hydrogen-bond donors (Lipinski definition) is 3. The van der Waals surface area contributed by atoms with Gasteiger partial charge >= 0.3 is 0 Å². The second kappa shape index (κ2) is 9.87. The zero-order valence-electron chi connectivity index (χ0n) is 15.6. The van der Waals surface area contributed by atoms with Crippen LogP contribution < -0.4 is 10.6 Å². The smallest absolute Gasteiger partial charge is 0.191 e. The Bertz CT molecular complexity index is 698. The maximum absolute atomic E-state index is 10.5. The number of nitrogens with zero attached hydrogens (tertiary/aromatic N) is 2. The van der Waals surface area contributed by atoms with Crippen LogP contribution in [0.5, 0.6) is 0 Å². The van der Waals surface area contributed by atoms with Crippen LogP contribution in [-0.2, 0) is 0 Å². The highest BCUT2D eigenvalue weighted by atomic mass is 127. The Kier molecular flexibility index (Phi) is 8.12. The average Bonchev–Trinajstić information content (AvgIpc) is 3.38. The van der Waals surface area contributed by atoms with Crippen LogP contribution >= 0.6 is 35.3 Å². The summed E-state index contributed by atoms with van der Waals surface area (Å²) in [7, 11) is 3.95. The minimum Gasteiger partial charge on any atom is -0.386 e. The van der Waals surface area contributed by atoms with Crippen LogP contribution in [0.25, 0.3) is 10.1 Å². The van der Waals surface area contributed by atoms with Gasteiger partial charge < -0.3 is 15.7 Å². The lowest BCUT2D eigenvalue weighted by molar-refractivity contribution is 0.184. The molecule has 0 radical (unpaired) electrons. The number of aliphatic imine (C=N–C) groups is 1. The molecule has 3 rings (SSSR count). The number of rotatable bonds is 7. The van der Waals surface area contributed by atoms with E-state index in [0.29, 0.717) is 12.6 Å². The topological polar surface area (TPSA) is 59.9 Å². The Balaban J connectivity index is 0.00000243. The number of fused-ring (bicyclic) bond motifs is 1. The minimum atomic E-state index is -0.539. The lowest BCUT2D eigenvalue weighted by atomic mass is 10.2. The highest BCUT2D eigenvalue weighted by Gasteiger charge is 2.29. The van der Waals surface area contributed by atoms with Crippen LogP contribution in [0.3, 0.4) is 0 Å². The summed E-state index contributed by atoms with van der Waals surface area (Å²) in [6.45, 7) is 3.51. The van der Waals surface area contributed by atoms with Gasteiger partial charge in [0.15, 0.2) is 5.96 Å². The van der Waals surface area contributed by atoms with E-state index in [1.165, 1.54) is 22.9 Å². The van der Waals surface area contributed by atoms with Crippen molar-refractivity contribution >= 4 is 51.4 Å². The zero-order valence-corrected chi connectivity index (χ0v) is 18.8. The number of aliphatic hydroxyl groups excluding tert-OH is 1. The first-order valence-corrected chi connectivity index (χ1v) is 9.73. The second-order valence-electron chi connectivity index (χ2n) is 6.78. The molecule has 1 aliphatic carbocycles. The molecule has 0 saturated heterocycles. The van der Waals surface area contributed by atoms with Crippen molar-refractivity contribution in [3.8, 4) is 0 Å². The van der Waals surface area contributed by atoms with Crippen molar-refractivity contribution in [2.75, 3.05) is 27.2 Å². The summed E-state index contributed by atoms with van der Waals surface area (Å²) in [5, 5.41) is 18.2. The first kappa shape index (κ1) is 21.4. The van der Waals surface area contributed by atoms with Gasteiger partial charge in [-0.15, -0.1) is 35.3 Å². The number of hydrogen-bond acceptors (Lipinski definition) is 4. The third-order valence-electron chi connectivity index (χ3n) is 4.84. The summed E-state index contributed by atoms with van der Waals surface area (Å²) < 4.78 is 1.20. The number of nitrogens with one attached hydrogen (secondary N) is 2. The first-order valence-electron chi connectivity index (χ1n) is 8.91. The van der Waals surface area contributed by atoms with Gasteiger partial charge in [-0.05, 0) is 44.3 Å². The predicted molar refractivity (Wildman–Crippen MR) is 122 cm³/mol. The Morgan fingerprint density at radius 3 is 2.65 bits per heavy atom. The van der Waals surface area contributed by atoms with E-state index in [-0.39, 0.29) is 24.0 Å². The summed E-state index contributed by atoms with van der Waals surface area (Å²) in [6, 6.07) is 11.5. The van der Waals surface area contributed by atoms with Gasteiger partial charge in [0.25, 0.3) is 0 Å². The minimum absolute atomic E-state index is 0. The predicted octanol–water partition coefficient (Wildman–Crippen LogP) is 3.20. The van der Waals surface area contributed by atoms with E-state index in [2.05, 4.69) is 52.7 Å². The molecule has 1 aliphatic rings. The molecule has 1 heterocycles. The Morgan fingerprint density at radius 1 is 1.31 bits per heavy atom. The highest BCUT2D eigenvalue weighted by molar-refractivity contribution is 14.0. The van der Waals surface area contributed by atoms with Gasteiger partial charge in [-0.3, -0.25) is 9.89 Å². The molecule has 5 nitrogen and oxygen atoms in total. The van der Waals surface area contributed by atoms with Crippen LogP contribution in [-0.4, -0.2) is 55.2 Å². The van der Waals surface area contributed by atoms with Crippen LogP contribution in [0.15, 0.2) is 35.3 Å².